The van der Waals surface area contributed by atoms with Gasteiger partial charge in [0.05, 0.1) is 6.10 Å². The van der Waals surface area contributed by atoms with Gasteiger partial charge in [0.15, 0.2) is 0 Å². The first kappa shape index (κ1) is 13.2. The highest BCUT2D eigenvalue weighted by atomic mass is 127. The molecule has 0 unspecified atom stereocenters. The first-order chi connectivity index (χ1) is 9.22. The van der Waals surface area contributed by atoms with E-state index in [2.05, 4.69) is 65.9 Å². The summed E-state index contributed by atoms with van der Waals surface area (Å²) < 4.78 is 7.45. The Morgan fingerprint density at radius 1 is 1.05 bits per heavy atom. The molecule has 0 spiro atoms. The van der Waals surface area contributed by atoms with Crippen LogP contribution in [0.2, 0.25) is 0 Å². The van der Waals surface area contributed by atoms with Gasteiger partial charge >= 0.3 is 0 Å². The van der Waals surface area contributed by atoms with Crippen LogP contribution in [0.4, 0.5) is 0 Å². The number of ether oxygens (including phenoxy) is 1. The second kappa shape index (κ2) is 5.70. The van der Waals surface area contributed by atoms with Gasteiger partial charge in [0.2, 0.25) is 0 Å². The van der Waals surface area contributed by atoms with Crippen LogP contribution in [0.25, 0.3) is 10.8 Å². The highest BCUT2D eigenvalue weighted by Gasteiger charge is 2.19. The Labute approximate surface area is 128 Å². The maximum absolute atomic E-state index is 6.16. The Balaban J connectivity index is 1.80. The molecule has 3 rings (SSSR count). The van der Waals surface area contributed by atoms with Gasteiger partial charge in [0.1, 0.15) is 5.75 Å². The third kappa shape index (κ3) is 3.04. The summed E-state index contributed by atoms with van der Waals surface area (Å²) in [5, 5.41) is 2.58. The molecule has 0 aromatic heterocycles. The van der Waals surface area contributed by atoms with Crippen LogP contribution in [0.3, 0.4) is 0 Å². The van der Waals surface area contributed by atoms with E-state index in [4.69, 9.17) is 4.74 Å². The maximum Gasteiger partial charge on any atom is 0.120 e. The third-order valence-corrected chi connectivity index (χ3v) is 5.01. The topological polar surface area (TPSA) is 9.23 Å². The van der Waals surface area contributed by atoms with Crippen molar-refractivity contribution in [1.29, 1.82) is 0 Å². The lowest BCUT2D eigenvalue weighted by atomic mass is 9.89. The molecular weight excluding hydrogens is 347 g/mol. The summed E-state index contributed by atoms with van der Waals surface area (Å²) in [5.41, 5.74) is 0. The fourth-order valence-corrected chi connectivity index (χ4v) is 3.50. The number of rotatable bonds is 2. The standard InChI is InChI=1S/C17H19IO/c1-12-5-8-14(9-6-12)19-15-10-7-13-3-2-4-17(18)16(13)11-15/h2-4,7,10-12,14H,5-6,8-9H2,1H3. The van der Waals surface area contributed by atoms with Crippen molar-refractivity contribution < 1.29 is 4.74 Å². The molecule has 0 atom stereocenters. The minimum absolute atomic E-state index is 0.412. The molecule has 100 valence electrons. The first-order valence-electron chi connectivity index (χ1n) is 7.07. The lowest BCUT2D eigenvalue weighted by Gasteiger charge is -2.27. The molecule has 2 aromatic rings. The Kier molecular flexibility index (Phi) is 3.96. The van der Waals surface area contributed by atoms with Gasteiger partial charge in [-0.3, -0.25) is 0 Å². The monoisotopic (exact) mass is 366 g/mol. The molecule has 0 saturated heterocycles. The zero-order valence-corrected chi connectivity index (χ0v) is 13.4. The van der Waals surface area contributed by atoms with Crippen molar-refractivity contribution in [1.82, 2.24) is 0 Å². The summed E-state index contributed by atoms with van der Waals surface area (Å²) in [6.07, 6.45) is 5.41. The van der Waals surface area contributed by atoms with Crippen molar-refractivity contribution in [3.8, 4) is 5.75 Å². The maximum atomic E-state index is 6.16. The van der Waals surface area contributed by atoms with Crippen LogP contribution in [0.15, 0.2) is 36.4 Å². The minimum Gasteiger partial charge on any atom is -0.490 e. The average molecular weight is 366 g/mol. The summed E-state index contributed by atoms with van der Waals surface area (Å²) in [7, 11) is 0. The van der Waals surface area contributed by atoms with E-state index in [0.29, 0.717) is 6.10 Å². The van der Waals surface area contributed by atoms with Crippen molar-refractivity contribution in [3.63, 3.8) is 0 Å². The number of halogens is 1. The molecule has 0 radical (unpaired) electrons. The van der Waals surface area contributed by atoms with Crippen LogP contribution >= 0.6 is 22.6 Å². The van der Waals surface area contributed by atoms with Crippen molar-refractivity contribution >= 4 is 33.4 Å². The second-order valence-electron chi connectivity index (χ2n) is 5.62. The molecule has 2 heteroatoms. The summed E-state index contributed by atoms with van der Waals surface area (Å²) in [6.45, 7) is 2.34. The smallest absolute Gasteiger partial charge is 0.120 e. The quantitative estimate of drug-likeness (QED) is 0.647. The fraction of sp³-hybridized carbons (Fsp3) is 0.412. The van der Waals surface area contributed by atoms with E-state index in [1.165, 1.54) is 40.0 Å². The summed E-state index contributed by atoms with van der Waals surface area (Å²) >= 11 is 2.39. The largest absolute Gasteiger partial charge is 0.490 e. The van der Waals surface area contributed by atoms with E-state index in [9.17, 15) is 0 Å². The lowest BCUT2D eigenvalue weighted by Crippen LogP contribution is -2.22. The molecule has 1 aliphatic carbocycles. The van der Waals surface area contributed by atoms with Crippen molar-refractivity contribution in [2.24, 2.45) is 5.92 Å². The van der Waals surface area contributed by atoms with Gasteiger partial charge in [0.25, 0.3) is 0 Å². The zero-order chi connectivity index (χ0) is 13.2. The van der Waals surface area contributed by atoms with Crippen molar-refractivity contribution in [2.45, 2.75) is 38.7 Å². The lowest BCUT2D eigenvalue weighted by molar-refractivity contribution is 0.135. The Hall–Kier alpha value is -0.770. The van der Waals surface area contributed by atoms with Crippen molar-refractivity contribution in [2.75, 3.05) is 0 Å². The third-order valence-electron chi connectivity index (χ3n) is 4.07. The van der Waals surface area contributed by atoms with Gasteiger partial charge in [-0.05, 0) is 83.2 Å². The number of hydrogen-bond donors (Lipinski definition) is 0. The van der Waals surface area contributed by atoms with Gasteiger partial charge in [-0.25, -0.2) is 0 Å². The molecule has 0 N–H and O–H groups in total. The zero-order valence-electron chi connectivity index (χ0n) is 11.2. The molecule has 0 heterocycles. The number of hydrogen-bond acceptors (Lipinski definition) is 1. The molecule has 1 aliphatic rings. The first-order valence-corrected chi connectivity index (χ1v) is 8.15. The van der Waals surface area contributed by atoms with Gasteiger partial charge in [0, 0.05) is 3.57 Å². The SMILES string of the molecule is CC1CCC(Oc2ccc3cccc(I)c3c2)CC1. The van der Waals surface area contributed by atoms with Crippen LogP contribution in [0.5, 0.6) is 5.75 Å². The molecular formula is C17H19IO. The second-order valence-corrected chi connectivity index (χ2v) is 6.78. The van der Waals surface area contributed by atoms with Crippen LogP contribution in [-0.2, 0) is 0 Å². The van der Waals surface area contributed by atoms with E-state index < -0.39 is 0 Å². The molecule has 1 saturated carbocycles. The normalized spacial score (nSPS) is 23.5. The predicted molar refractivity (Wildman–Crippen MR) is 88.7 cm³/mol. The Morgan fingerprint density at radius 2 is 1.84 bits per heavy atom. The number of benzene rings is 2. The highest BCUT2D eigenvalue weighted by molar-refractivity contribution is 14.1. The summed E-state index contributed by atoms with van der Waals surface area (Å²) in [6, 6.07) is 12.9. The highest BCUT2D eigenvalue weighted by Crippen LogP contribution is 2.30. The molecule has 0 amide bonds. The van der Waals surface area contributed by atoms with E-state index in [0.717, 1.165) is 11.7 Å². The van der Waals surface area contributed by atoms with Crippen LogP contribution in [0.1, 0.15) is 32.6 Å². The van der Waals surface area contributed by atoms with Crippen LogP contribution < -0.4 is 4.74 Å². The van der Waals surface area contributed by atoms with Gasteiger partial charge in [-0.15, -0.1) is 0 Å². The summed E-state index contributed by atoms with van der Waals surface area (Å²) in [5.74, 6) is 1.90. The van der Waals surface area contributed by atoms with Crippen molar-refractivity contribution in [3.05, 3.63) is 40.0 Å². The summed E-state index contributed by atoms with van der Waals surface area (Å²) in [4.78, 5) is 0. The van der Waals surface area contributed by atoms with Gasteiger partial charge < -0.3 is 4.74 Å². The van der Waals surface area contributed by atoms with Gasteiger partial charge in [-0.1, -0.05) is 25.1 Å². The fourth-order valence-electron chi connectivity index (χ4n) is 2.83. The van der Waals surface area contributed by atoms with E-state index in [1.807, 2.05) is 0 Å². The average Bonchev–Trinajstić information content (AvgIpc) is 2.42. The van der Waals surface area contributed by atoms with E-state index in [-0.39, 0.29) is 0 Å². The minimum atomic E-state index is 0.412. The van der Waals surface area contributed by atoms with E-state index in [1.54, 1.807) is 0 Å². The molecule has 2 aromatic carbocycles. The molecule has 0 bridgehead atoms. The molecule has 0 aliphatic heterocycles. The Bertz CT molecular complexity index is 570. The van der Waals surface area contributed by atoms with Crippen LogP contribution in [0, 0.1) is 9.49 Å². The Morgan fingerprint density at radius 3 is 2.63 bits per heavy atom. The number of fused-ring (bicyclic) bond motifs is 1. The van der Waals surface area contributed by atoms with Gasteiger partial charge in [-0.2, -0.15) is 0 Å². The molecule has 19 heavy (non-hydrogen) atoms. The van der Waals surface area contributed by atoms with E-state index >= 15 is 0 Å². The predicted octanol–water partition coefficient (Wildman–Crippen LogP) is 5.40. The molecule has 1 fully saturated rings. The molecule has 1 nitrogen and oxygen atoms in total. The van der Waals surface area contributed by atoms with Crippen LogP contribution in [-0.4, -0.2) is 6.10 Å².